The molecule has 2 unspecified atom stereocenters. The second kappa shape index (κ2) is 4.71. The molecule has 0 saturated carbocycles. The zero-order valence-corrected chi connectivity index (χ0v) is 11.0. The minimum absolute atomic E-state index is 0.0132. The Hall–Kier alpha value is -0.620. The molecule has 1 aliphatic rings. The van der Waals surface area contributed by atoms with Crippen molar-refractivity contribution >= 4 is 15.7 Å². The molecule has 1 heterocycles. The molecule has 0 radical (unpaired) electrons. The van der Waals surface area contributed by atoms with E-state index in [0.29, 0.717) is 13.1 Å². The lowest BCUT2D eigenvalue weighted by atomic mass is 10.0. The highest BCUT2D eigenvalue weighted by molar-refractivity contribution is 7.91. The van der Waals surface area contributed by atoms with Crippen molar-refractivity contribution in [3.8, 4) is 0 Å². The molecule has 0 aromatic heterocycles. The van der Waals surface area contributed by atoms with Gasteiger partial charge in [-0.25, -0.2) is 8.42 Å². The first-order valence-corrected chi connectivity index (χ1v) is 7.37. The number of amides is 1. The van der Waals surface area contributed by atoms with E-state index in [4.69, 9.17) is 0 Å². The number of nitrogens with zero attached hydrogens (tertiary/aromatic N) is 1. The van der Waals surface area contributed by atoms with Crippen LogP contribution in [0.15, 0.2) is 0 Å². The van der Waals surface area contributed by atoms with Gasteiger partial charge in [-0.15, -0.1) is 0 Å². The SMILES string of the molecule is CC(C(C)S(C)(=O)=O)N(C)C(=O)C1CNC1. The molecule has 1 aliphatic heterocycles. The zero-order valence-electron chi connectivity index (χ0n) is 10.2. The minimum atomic E-state index is -3.10. The van der Waals surface area contributed by atoms with E-state index in [1.54, 1.807) is 25.8 Å². The van der Waals surface area contributed by atoms with Crippen LogP contribution in [0.3, 0.4) is 0 Å². The highest BCUT2D eigenvalue weighted by Gasteiger charge is 2.33. The van der Waals surface area contributed by atoms with Crippen LogP contribution < -0.4 is 5.32 Å². The molecule has 0 bridgehead atoms. The van der Waals surface area contributed by atoms with Gasteiger partial charge in [0.1, 0.15) is 0 Å². The van der Waals surface area contributed by atoms with Crippen molar-refractivity contribution in [2.75, 3.05) is 26.4 Å². The van der Waals surface area contributed by atoms with Crippen LogP contribution >= 0.6 is 0 Å². The van der Waals surface area contributed by atoms with Gasteiger partial charge < -0.3 is 10.2 Å². The average molecular weight is 248 g/mol. The molecule has 0 aliphatic carbocycles. The third-order valence-electron chi connectivity index (χ3n) is 3.44. The Morgan fingerprint density at radius 2 is 1.88 bits per heavy atom. The molecule has 16 heavy (non-hydrogen) atoms. The molecule has 1 saturated heterocycles. The number of sulfone groups is 1. The van der Waals surface area contributed by atoms with Crippen LogP contribution in [0, 0.1) is 5.92 Å². The molecular formula is C10H20N2O3S. The van der Waals surface area contributed by atoms with Gasteiger partial charge in [0.2, 0.25) is 5.91 Å². The van der Waals surface area contributed by atoms with Gasteiger partial charge in [0.15, 0.2) is 9.84 Å². The number of hydrogen-bond acceptors (Lipinski definition) is 4. The van der Waals surface area contributed by atoms with Crippen LogP contribution in [-0.4, -0.2) is 56.9 Å². The van der Waals surface area contributed by atoms with Crippen LogP contribution in [0.2, 0.25) is 0 Å². The van der Waals surface area contributed by atoms with Gasteiger partial charge in [-0.05, 0) is 13.8 Å². The number of carbonyl (C=O) groups is 1. The van der Waals surface area contributed by atoms with Crippen molar-refractivity contribution in [2.45, 2.75) is 25.1 Å². The summed E-state index contributed by atoms with van der Waals surface area (Å²) < 4.78 is 22.8. The maximum Gasteiger partial charge on any atom is 0.228 e. The predicted octanol–water partition coefficient (Wildman–Crippen LogP) is -0.514. The van der Waals surface area contributed by atoms with Gasteiger partial charge in [-0.2, -0.15) is 0 Å². The third kappa shape index (κ3) is 2.74. The fraction of sp³-hybridized carbons (Fsp3) is 0.900. The molecule has 94 valence electrons. The maximum atomic E-state index is 11.9. The third-order valence-corrected chi connectivity index (χ3v) is 5.19. The Morgan fingerprint density at radius 3 is 2.19 bits per heavy atom. The molecular weight excluding hydrogens is 228 g/mol. The van der Waals surface area contributed by atoms with Gasteiger partial charge in [0, 0.05) is 32.4 Å². The molecule has 2 atom stereocenters. The number of carbonyl (C=O) groups excluding carboxylic acids is 1. The summed E-state index contributed by atoms with van der Waals surface area (Å²) >= 11 is 0. The van der Waals surface area contributed by atoms with Crippen LogP contribution in [0.5, 0.6) is 0 Å². The molecule has 0 spiro atoms. The van der Waals surface area contributed by atoms with Crippen molar-refractivity contribution < 1.29 is 13.2 Å². The Bertz CT molecular complexity index is 362. The molecule has 1 rings (SSSR count). The number of hydrogen-bond donors (Lipinski definition) is 1. The largest absolute Gasteiger partial charge is 0.341 e. The van der Waals surface area contributed by atoms with E-state index in [1.807, 2.05) is 0 Å². The van der Waals surface area contributed by atoms with Crippen molar-refractivity contribution in [3.63, 3.8) is 0 Å². The molecule has 1 fully saturated rings. The van der Waals surface area contributed by atoms with Crippen LogP contribution in [0.25, 0.3) is 0 Å². The van der Waals surface area contributed by atoms with Crippen LogP contribution in [-0.2, 0) is 14.6 Å². The van der Waals surface area contributed by atoms with Crippen molar-refractivity contribution in [3.05, 3.63) is 0 Å². The average Bonchev–Trinajstić information content (AvgIpc) is 2.10. The zero-order chi connectivity index (χ0) is 12.5. The van der Waals surface area contributed by atoms with Gasteiger partial charge in [-0.3, -0.25) is 4.79 Å². The van der Waals surface area contributed by atoms with Crippen molar-refractivity contribution in [1.82, 2.24) is 10.2 Å². The number of nitrogens with one attached hydrogen (secondary N) is 1. The first-order valence-electron chi connectivity index (χ1n) is 5.41. The first-order chi connectivity index (χ1) is 7.25. The second-order valence-electron chi connectivity index (χ2n) is 4.58. The predicted molar refractivity (Wildman–Crippen MR) is 62.9 cm³/mol. The maximum absolute atomic E-state index is 11.9. The normalized spacial score (nSPS) is 21.0. The van der Waals surface area contributed by atoms with E-state index in [0.717, 1.165) is 0 Å². The Morgan fingerprint density at radius 1 is 1.38 bits per heavy atom. The van der Waals surface area contributed by atoms with E-state index in [9.17, 15) is 13.2 Å². The van der Waals surface area contributed by atoms with Crippen LogP contribution in [0.1, 0.15) is 13.8 Å². The fourth-order valence-corrected chi connectivity index (χ4v) is 2.52. The molecule has 0 aromatic carbocycles. The summed E-state index contributed by atoms with van der Waals surface area (Å²) in [4.78, 5) is 13.4. The van der Waals surface area contributed by atoms with Crippen LogP contribution in [0.4, 0.5) is 0 Å². The summed E-state index contributed by atoms with van der Waals surface area (Å²) in [6.45, 7) is 4.81. The van der Waals surface area contributed by atoms with E-state index >= 15 is 0 Å². The lowest BCUT2D eigenvalue weighted by molar-refractivity contribution is -0.137. The minimum Gasteiger partial charge on any atom is -0.341 e. The van der Waals surface area contributed by atoms with Gasteiger partial charge in [0.25, 0.3) is 0 Å². The van der Waals surface area contributed by atoms with Gasteiger partial charge in [-0.1, -0.05) is 0 Å². The Kier molecular flexibility index (Phi) is 3.96. The lowest BCUT2D eigenvalue weighted by Gasteiger charge is -2.35. The summed E-state index contributed by atoms with van der Waals surface area (Å²) in [5, 5.41) is 2.50. The highest BCUT2D eigenvalue weighted by Crippen LogP contribution is 2.14. The summed E-state index contributed by atoms with van der Waals surface area (Å²) in [7, 11) is -1.43. The molecule has 0 aromatic rings. The molecule has 6 heteroatoms. The topological polar surface area (TPSA) is 66.5 Å². The first kappa shape index (κ1) is 13.4. The Labute approximate surface area is 97.1 Å². The molecule has 5 nitrogen and oxygen atoms in total. The summed E-state index contributed by atoms with van der Waals surface area (Å²) in [5.74, 6) is 0.0426. The second-order valence-corrected chi connectivity index (χ2v) is 6.98. The summed E-state index contributed by atoms with van der Waals surface area (Å²) in [6.07, 6.45) is 1.21. The smallest absolute Gasteiger partial charge is 0.228 e. The lowest BCUT2D eigenvalue weighted by Crippen LogP contribution is -2.54. The van der Waals surface area contributed by atoms with Crippen molar-refractivity contribution in [1.29, 1.82) is 0 Å². The highest BCUT2D eigenvalue weighted by atomic mass is 32.2. The summed E-state index contributed by atoms with van der Waals surface area (Å²) in [5.41, 5.74) is 0. The van der Waals surface area contributed by atoms with E-state index < -0.39 is 15.1 Å². The Balaban J connectivity index is 2.65. The summed E-state index contributed by atoms with van der Waals surface area (Å²) in [6, 6.07) is -0.289. The van der Waals surface area contributed by atoms with Crippen molar-refractivity contribution in [2.24, 2.45) is 5.92 Å². The quantitative estimate of drug-likeness (QED) is 0.727. The van der Waals surface area contributed by atoms with E-state index in [2.05, 4.69) is 5.32 Å². The monoisotopic (exact) mass is 248 g/mol. The number of rotatable bonds is 4. The van der Waals surface area contributed by atoms with Gasteiger partial charge >= 0.3 is 0 Å². The fourth-order valence-electron chi connectivity index (χ4n) is 1.62. The standard InChI is InChI=1S/C10H20N2O3S/c1-7(8(2)16(4,14)15)12(3)10(13)9-5-11-6-9/h7-9,11H,5-6H2,1-4H3. The van der Waals surface area contributed by atoms with Gasteiger partial charge in [0.05, 0.1) is 11.2 Å². The van der Waals surface area contributed by atoms with E-state index in [1.165, 1.54) is 6.26 Å². The van der Waals surface area contributed by atoms with E-state index in [-0.39, 0.29) is 17.9 Å². The molecule has 1 amide bonds. The molecule has 1 N–H and O–H groups in total.